The largest absolute Gasteiger partial charge is 0.378 e. The monoisotopic (exact) mass is 230 g/mol. The molecule has 1 nitrogen and oxygen atoms in total. The first-order chi connectivity index (χ1) is 5.87. The van der Waals surface area contributed by atoms with Crippen LogP contribution in [-0.2, 0) is 4.74 Å². The van der Waals surface area contributed by atoms with Gasteiger partial charge in [0, 0.05) is 17.4 Å². The second-order valence-electron chi connectivity index (χ2n) is 3.88. The van der Waals surface area contributed by atoms with Crippen molar-refractivity contribution in [3.8, 4) is 0 Å². The van der Waals surface area contributed by atoms with Gasteiger partial charge in [0.15, 0.2) is 0 Å². The van der Waals surface area contributed by atoms with E-state index in [1.54, 1.807) is 0 Å². The van der Waals surface area contributed by atoms with Crippen LogP contribution in [0.4, 0.5) is 0 Å². The van der Waals surface area contributed by atoms with Crippen LogP contribution < -0.4 is 0 Å². The third-order valence-corrected chi connectivity index (χ3v) is 4.21. The molecule has 0 radical (unpaired) electrons. The Morgan fingerprint density at radius 3 is 2.67 bits per heavy atom. The first-order valence-corrected chi connectivity index (χ1v) is 5.82. The Hall–Kier alpha value is 0.180. The molecule has 1 atom stereocenters. The van der Waals surface area contributed by atoms with Crippen LogP contribution in [0.2, 0.25) is 0 Å². The summed E-state index contributed by atoms with van der Waals surface area (Å²) in [6.45, 7) is 0.972. The molecule has 0 amide bonds. The third kappa shape index (κ3) is 1.35. The predicted octanol–water partition coefficient (Wildman–Crippen LogP) is 2.90. The van der Waals surface area contributed by atoms with Gasteiger partial charge >= 0.3 is 0 Å². The molecule has 2 heteroatoms. The minimum atomic E-state index is 0.399. The normalized spacial score (nSPS) is 32.9. The van der Waals surface area contributed by atoms with Crippen molar-refractivity contribution < 1.29 is 4.74 Å². The highest BCUT2D eigenvalue weighted by atomic mass is 79.9. The maximum Gasteiger partial charge on any atom is 0.0646 e. The van der Waals surface area contributed by atoms with Crippen molar-refractivity contribution in [3.05, 3.63) is 12.2 Å². The van der Waals surface area contributed by atoms with Crippen molar-refractivity contribution in [2.75, 3.05) is 11.9 Å². The fraction of sp³-hybridized carbons (Fsp3) is 0.800. The van der Waals surface area contributed by atoms with Gasteiger partial charge in [-0.15, -0.1) is 0 Å². The van der Waals surface area contributed by atoms with Crippen LogP contribution in [0, 0.1) is 5.41 Å². The molecule has 68 valence electrons. The number of allylic oxidation sites excluding steroid dienone is 2. The van der Waals surface area contributed by atoms with Gasteiger partial charge in [0.1, 0.15) is 0 Å². The lowest BCUT2D eigenvalue weighted by Crippen LogP contribution is -2.33. The van der Waals surface area contributed by atoms with E-state index in [0.717, 1.165) is 11.9 Å². The molecule has 0 aromatic carbocycles. The Morgan fingerprint density at radius 1 is 1.42 bits per heavy atom. The van der Waals surface area contributed by atoms with Crippen LogP contribution in [0.25, 0.3) is 0 Å². The number of ether oxygens (including phenoxy) is 1. The Bertz CT molecular complexity index is 174. The van der Waals surface area contributed by atoms with Crippen molar-refractivity contribution in [1.82, 2.24) is 0 Å². The maximum absolute atomic E-state index is 5.76. The molecule has 1 aliphatic heterocycles. The number of hydrogen-bond acceptors (Lipinski definition) is 1. The molecule has 12 heavy (non-hydrogen) atoms. The summed E-state index contributed by atoms with van der Waals surface area (Å²) >= 11 is 3.62. The lowest BCUT2D eigenvalue weighted by atomic mass is 9.80. The van der Waals surface area contributed by atoms with Gasteiger partial charge in [-0.2, -0.15) is 0 Å². The van der Waals surface area contributed by atoms with Crippen molar-refractivity contribution in [2.24, 2.45) is 5.41 Å². The molecule has 0 aromatic rings. The summed E-state index contributed by atoms with van der Waals surface area (Å²) in [7, 11) is 0. The molecule has 1 unspecified atom stereocenters. The summed E-state index contributed by atoms with van der Waals surface area (Å²) in [6.07, 6.45) is 10.00. The van der Waals surface area contributed by atoms with Crippen LogP contribution in [0.5, 0.6) is 0 Å². The van der Waals surface area contributed by atoms with E-state index in [0.29, 0.717) is 11.5 Å². The lowest BCUT2D eigenvalue weighted by Gasteiger charge is -2.32. The molecule has 1 fully saturated rings. The molecular weight excluding hydrogens is 216 g/mol. The molecular formula is C10H15BrO. The SMILES string of the molecule is BrCC1(C2CCCO2)CC=CC1. The highest BCUT2D eigenvalue weighted by Crippen LogP contribution is 2.43. The standard InChI is InChI=1S/C10H15BrO/c11-8-10(5-1-2-6-10)9-4-3-7-12-9/h1-2,9H,3-8H2. The van der Waals surface area contributed by atoms with Crippen molar-refractivity contribution in [2.45, 2.75) is 31.8 Å². The van der Waals surface area contributed by atoms with Gasteiger partial charge in [-0.25, -0.2) is 0 Å². The molecule has 0 aromatic heterocycles. The van der Waals surface area contributed by atoms with E-state index in [9.17, 15) is 0 Å². The zero-order valence-electron chi connectivity index (χ0n) is 7.26. The Kier molecular flexibility index (Phi) is 2.56. The van der Waals surface area contributed by atoms with Gasteiger partial charge in [-0.1, -0.05) is 28.1 Å². The molecule has 0 spiro atoms. The Morgan fingerprint density at radius 2 is 2.17 bits per heavy atom. The predicted molar refractivity (Wildman–Crippen MR) is 53.6 cm³/mol. The zero-order valence-corrected chi connectivity index (χ0v) is 8.85. The fourth-order valence-electron chi connectivity index (χ4n) is 2.24. The van der Waals surface area contributed by atoms with Crippen LogP contribution in [0.15, 0.2) is 12.2 Å². The molecule has 2 aliphatic rings. The first kappa shape index (κ1) is 8.76. The molecule has 0 saturated carbocycles. The van der Waals surface area contributed by atoms with Gasteiger partial charge < -0.3 is 4.74 Å². The van der Waals surface area contributed by atoms with Crippen LogP contribution in [0.1, 0.15) is 25.7 Å². The van der Waals surface area contributed by atoms with Crippen molar-refractivity contribution in [1.29, 1.82) is 0 Å². The molecule has 1 saturated heterocycles. The minimum Gasteiger partial charge on any atom is -0.378 e. The summed E-state index contributed by atoms with van der Waals surface area (Å²) in [5.74, 6) is 0. The summed E-state index contributed by atoms with van der Waals surface area (Å²) in [6, 6.07) is 0. The highest BCUT2D eigenvalue weighted by molar-refractivity contribution is 9.09. The van der Waals surface area contributed by atoms with Crippen molar-refractivity contribution in [3.63, 3.8) is 0 Å². The molecule has 1 aliphatic carbocycles. The number of alkyl halides is 1. The topological polar surface area (TPSA) is 9.23 Å². The molecule has 0 bridgehead atoms. The van der Waals surface area contributed by atoms with E-state index in [1.807, 2.05) is 0 Å². The second-order valence-corrected chi connectivity index (χ2v) is 4.44. The van der Waals surface area contributed by atoms with E-state index in [1.165, 1.54) is 25.7 Å². The van der Waals surface area contributed by atoms with E-state index in [4.69, 9.17) is 4.74 Å². The first-order valence-electron chi connectivity index (χ1n) is 4.70. The Balaban J connectivity index is 2.06. The van der Waals surface area contributed by atoms with Gasteiger partial charge in [-0.05, 0) is 25.7 Å². The van der Waals surface area contributed by atoms with Crippen LogP contribution in [-0.4, -0.2) is 18.0 Å². The quantitative estimate of drug-likeness (QED) is 0.524. The minimum absolute atomic E-state index is 0.399. The highest BCUT2D eigenvalue weighted by Gasteiger charge is 2.40. The van der Waals surface area contributed by atoms with Gasteiger partial charge in [0.2, 0.25) is 0 Å². The number of rotatable bonds is 2. The van der Waals surface area contributed by atoms with Gasteiger partial charge in [-0.3, -0.25) is 0 Å². The fourth-order valence-corrected chi connectivity index (χ4v) is 3.06. The van der Waals surface area contributed by atoms with Crippen LogP contribution in [0.3, 0.4) is 0 Å². The van der Waals surface area contributed by atoms with E-state index in [-0.39, 0.29) is 0 Å². The molecule has 1 heterocycles. The summed E-state index contributed by atoms with van der Waals surface area (Å²) in [4.78, 5) is 0. The van der Waals surface area contributed by atoms with E-state index < -0.39 is 0 Å². The zero-order chi connectivity index (χ0) is 8.44. The third-order valence-electron chi connectivity index (χ3n) is 3.09. The van der Waals surface area contributed by atoms with Gasteiger partial charge in [0.25, 0.3) is 0 Å². The molecule has 2 rings (SSSR count). The van der Waals surface area contributed by atoms with Crippen LogP contribution >= 0.6 is 15.9 Å². The summed E-state index contributed by atoms with van der Waals surface area (Å²) < 4.78 is 5.76. The maximum atomic E-state index is 5.76. The Labute approximate surface area is 82.3 Å². The summed E-state index contributed by atoms with van der Waals surface area (Å²) in [5.41, 5.74) is 0.399. The average Bonchev–Trinajstić information content (AvgIpc) is 2.76. The second kappa shape index (κ2) is 3.51. The number of hydrogen-bond donors (Lipinski definition) is 0. The van der Waals surface area contributed by atoms with Crippen molar-refractivity contribution >= 4 is 15.9 Å². The average molecular weight is 231 g/mol. The smallest absolute Gasteiger partial charge is 0.0646 e. The number of halogens is 1. The lowest BCUT2D eigenvalue weighted by molar-refractivity contribution is 0.0192. The summed E-state index contributed by atoms with van der Waals surface area (Å²) in [5, 5.41) is 1.08. The van der Waals surface area contributed by atoms with E-state index >= 15 is 0 Å². The van der Waals surface area contributed by atoms with E-state index in [2.05, 4.69) is 28.1 Å². The molecule has 0 N–H and O–H groups in total. The van der Waals surface area contributed by atoms with Gasteiger partial charge in [0.05, 0.1) is 6.10 Å².